The van der Waals surface area contributed by atoms with Gasteiger partial charge in [0.25, 0.3) is 10.0 Å². The zero-order chi connectivity index (χ0) is 45.0. The number of nitrogens with one attached hydrogen (secondary N) is 2. The van der Waals surface area contributed by atoms with Gasteiger partial charge in [-0.05, 0) is 88.7 Å². The van der Waals surface area contributed by atoms with Gasteiger partial charge in [0.2, 0.25) is 11.8 Å². The van der Waals surface area contributed by atoms with Gasteiger partial charge < -0.3 is 29.6 Å². The fraction of sp³-hybridized carbons (Fsp3) is 0.229. The number of fused-ring (bicyclic) bond motifs is 2. The van der Waals surface area contributed by atoms with Gasteiger partial charge in [0.1, 0.15) is 31.0 Å². The van der Waals surface area contributed by atoms with E-state index in [0.717, 1.165) is 37.9 Å². The molecule has 1 aromatic heterocycles. The van der Waals surface area contributed by atoms with E-state index in [1.807, 2.05) is 91.0 Å². The number of benzene rings is 5. The Hall–Kier alpha value is -7.06. The maximum absolute atomic E-state index is 14.7. The number of methoxy groups -OCH3 is 1. The molecule has 2 aliphatic rings. The van der Waals surface area contributed by atoms with Crippen molar-refractivity contribution in [3.05, 3.63) is 154 Å². The van der Waals surface area contributed by atoms with Crippen LogP contribution in [0.4, 0.5) is 5.13 Å². The van der Waals surface area contributed by atoms with Crippen LogP contribution in [0.3, 0.4) is 0 Å². The Kier molecular flexibility index (Phi) is 12.8. The van der Waals surface area contributed by atoms with E-state index >= 15 is 0 Å². The van der Waals surface area contributed by atoms with Crippen LogP contribution in [0.15, 0.2) is 119 Å². The fourth-order valence-corrected chi connectivity index (χ4v) is 10.8. The van der Waals surface area contributed by atoms with Crippen molar-refractivity contribution in [1.29, 1.82) is 5.26 Å². The highest BCUT2D eigenvalue weighted by Crippen LogP contribution is 2.42. The van der Waals surface area contributed by atoms with Crippen LogP contribution in [-0.4, -0.2) is 61.3 Å². The van der Waals surface area contributed by atoms with Gasteiger partial charge >= 0.3 is 5.97 Å². The molecule has 0 aliphatic carbocycles. The van der Waals surface area contributed by atoms with Gasteiger partial charge in [-0.1, -0.05) is 90.2 Å². The van der Waals surface area contributed by atoms with Crippen molar-refractivity contribution < 1.29 is 41.7 Å². The first-order chi connectivity index (χ1) is 30.9. The number of carbonyl (C=O) groups is 3. The number of thiazole rings is 1. The molecule has 0 saturated heterocycles. The van der Waals surface area contributed by atoms with Crippen molar-refractivity contribution in [1.82, 2.24) is 14.6 Å². The summed E-state index contributed by atoms with van der Waals surface area (Å²) in [7, 11) is -3.23. The fourth-order valence-electron chi connectivity index (χ4n) is 7.63. The smallest absolute Gasteiger partial charge is 0.328 e. The number of nitrogens with zero attached hydrogens (tertiary/aromatic N) is 3. The Bertz CT molecular complexity index is 2840. The molecule has 6 aromatic rings. The number of hydrogen-bond donors (Lipinski definition) is 2. The molecule has 3 heterocycles. The van der Waals surface area contributed by atoms with Gasteiger partial charge in [-0.25, -0.2) is 18.2 Å². The topological polar surface area (TPSA) is 186 Å². The van der Waals surface area contributed by atoms with Crippen LogP contribution in [0, 0.1) is 18.3 Å². The predicted molar refractivity (Wildman–Crippen MR) is 238 cm³/mol. The molecule has 3 atom stereocenters. The van der Waals surface area contributed by atoms with Crippen LogP contribution in [0.2, 0.25) is 0 Å². The minimum Gasteiger partial charge on any atom is -0.489 e. The first kappa shape index (κ1) is 43.6. The minimum atomic E-state index is -4.44. The molecular weight excluding hydrogens is 855 g/mol. The molecule has 2 aliphatic heterocycles. The zero-order valence-corrected chi connectivity index (χ0v) is 36.7. The molecule has 0 spiro atoms. The molecule has 2 N–H and O–H groups in total. The largest absolute Gasteiger partial charge is 0.489 e. The number of ether oxygens (including phenoxy) is 4. The normalized spacial score (nSPS) is 16.1. The maximum atomic E-state index is 14.7. The number of aryl methyl sites for hydroxylation is 1. The van der Waals surface area contributed by atoms with E-state index in [4.69, 9.17) is 24.2 Å². The molecular formula is C48H43N5O9S2. The summed E-state index contributed by atoms with van der Waals surface area (Å²) in [6.07, 6.45) is -0.473. The highest BCUT2D eigenvalue weighted by Gasteiger charge is 2.43. The van der Waals surface area contributed by atoms with E-state index in [9.17, 15) is 22.8 Å². The molecule has 0 saturated carbocycles. The monoisotopic (exact) mass is 897 g/mol. The van der Waals surface area contributed by atoms with Crippen molar-refractivity contribution in [2.45, 2.75) is 62.2 Å². The standard InChI is InChI=1S/C48H43N5O9S2/c1-29-47(63-48(50-29)51-30(2)54)64(57,58)53-26-38-24-43-42(61-28-44(62-43)36-17-19-39(20-18-36)60-27-33-7-5-4-6-8-33)23-37(38)22-41(53)45(55)52-40(46(56)59-3)21-31-9-13-34(14-10-31)35-15-11-32(25-49)12-16-35/h4-20,23-24,40-41,44H,21-22,26-28H2,1-3H3,(H,52,55)(H,50,51,54)/t40?,41-,44+/m0/s1. The quantitative estimate of drug-likeness (QED) is 0.113. The summed E-state index contributed by atoms with van der Waals surface area (Å²) in [5.74, 6) is -0.281. The van der Waals surface area contributed by atoms with Gasteiger partial charge in [-0.15, -0.1) is 0 Å². The lowest BCUT2D eigenvalue weighted by atomic mass is 9.93. The molecule has 16 heteroatoms. The third-order valence-corrected chi connectivity index (χ3v) is 14.5. The summed E-state index contributed by atoms with van der Waals surface area (Å²) in [5, 5.41) is 14.6. The van der Waals surface area contributed by atoms with E-state index in [1.165, 1.54) is 21.0 Å². The van der Waals surface area contributed by atoms with Crippen LogP contribution in [0.1, 0.15) is 52.1 Å². The highest BCUT2D eigenvalue weighted by molar-refractivity contribution is 7.91. The summed E-state index contributed by atoms with van der Waals surface area (Å²) in [5.41, 5.74) is 6.36. The van der Waals surface area contributed by atoms with Crippen molar-refractivity contribution >= 4 is 44.3 Å². The first-order valence-corrected chi connectivity index (χ1v) is 22.6. The molecule has 14 nitrogen and oxygen atoms in total. The molecule has 1 unspecified atom stereocenters. The molecule has 326 valence electrons. The Morgan fingerprint density at radius 3 is 2.28 bits per heavy atom. The second-order valence-electron chi connectivity index (χ2n) is 15.3. The Morgan fingerprint density at radius 1 is 0.922 bits per heavy atom. The number of nitriles is 1. The number of hydrogen-bond acceptors (Lipinski definition) is 12. The van der Waals surface area contributed by atoms with E-state index in [2.05, 4.69) is 21.7 Å². The molecule has 64 heavy (non-hydrogen) atoms. The van der Waals surface area contributed by atoms with Gasteiger partial charge in [-0.3, -0.25) is 9.59 Å². The Morgan fingerprint density at radius 2 is 1.61 bits per heavy atom. The van der Waals surface area contributed by atoms with E-state index in [-0.39, 0.29) is 41.0 Å². The lowest BCUT2D eigenvalue weighted by Gasteiger charge is -2.36. The molecule has 0 radical (unpaired) electrons. The number of carbonyl (C=O) groups excluding carboxylic acids is 3. The van der Waals surface area contributed by atoms with Gasteiger partial charge in [-0.2, -0.15) is 9.57 Å². The van der Waals surface area contributed by atoms with Crippen molar-refractivity contribution in [2.75, 3.05) is 19.0 Å². The number of amides is 2. The minimum absolute atomic E-state index is 0.0550. The Balaban J connectivity index is 1.04. The van der Waals surface area contributed by atoms with Crippen LogP contribution >= 0.6 is 11.3 Å². The Labute approximate surface area is 374 Å². The highest BCUT2D eigenvalue weighted by atomic mass is 32.2. The molecule has 0 fully saturated rings. The number of sulfonamides is 1. The van der Waals surface area contributed by atoms with Crippen LogP contribution in [0.5, 0.6) is 17.2 Å². The third kappa shape index (κ3) is 9.61. The second kappa shape index (κ2) is 18.7. The number of rotatable bonds is 13. The summed E-state index contributed by atoms with van der Waals surface area (Å²) < 4.78 is 54.1. The summed E-state index contributed by atoms with van der Waals surface area (Å²) in [6, 6.07) is 35.1. The SMILES string of the molecule is COC(=O)C(Cc1ccc(-c2ccc(C#N)cc2)cc1)NC(=O)[C@@H]1Cc2cc3c(cc2CN1S(=O)(=O)c1sc(NC(C)=O)nc1C)O[C@@H](c1ccc(OCc2ccccc2)cc1)CO3. The number of aromatic nitrogens is 1. The maximum Gasteiger partial charge on any atom is 0.328 e. The van der Waals surface area contributed by atoms with Gasteiger partial charge in [0.05, 0.1) is 24.4 Å². The van der Waals surface area contributed by atoms with Crippen LogP contribution in [-0.2, 0) is 55.1 Å². The zero-order valence-electron chi connectivity index (χ0n) is 35.1. The number of anilines is 1. The lowest BCUT2D eigenvalue weighted by Crippen LogP contribution is -2.56. The van der Waals surface area contributed by atoms with Crippen molar-refractivity contribution in [2.24, 2.45) is 0 Å². The third-order valence-electron chi connectivity index (χ3n) is 10.9. The van der Waals surface area contributed by atoms with Crippen LogP contribution < -0.4 is 24.8 Å². The van der Waals surface area contributed by atoms with E-state index < -0.39 is 46.0 Å². The molecule has 0 bridgehead atoms. The summed E-state index contributed by atoms with van der Waals surface area (Å²) in [4.78, 5) is 43.9. The van der Waals surface area contributed by atoms with E-state index in [0.29, 0.717) is 46.1 Å². The van der Waals surface area contributed by atoms with Gasteiger partial charge in [0.15, 0.2) is 26.9 Å². The van der Waals surface area contributed by atoms with Crippen molar-refractivity contribution in [3.8, 4) is 34.4 Å². The second-order valence-corrected chi connectivity index (χ2v) is 18.4. The summed E-state index contributed by atoms with van der Waals surface area (Å²) >= 11 is 0.786. The molecule has 8 rings (SSSR count). The average Bonchev–Trinajstić information content (AvgIpc) is 3.69. The average molecular weight is 898 g/mol. The predicted octanol–water partition coefficient (Wildman–Crippen LogP) is 7.06. The molecule has 2 amide bonds. The lowest BCUT2D eigenvalue weighted by molar-refractivity contribution is -0.145. The number of esters is 1. The summed E-state index contributed by atoms with van der Waals surface area (Å²) in [6.45, 7) is 3.22. The molecule has 5 aromatic carbocycles. The van der Waals surface area contributed by atoms with E-state index in [1.54, 1.807) is 24.3 Å². The van der Waals surface area contributed by atoms with Crippen LogP contribution in [0.25, 0.3) is 11.1 Å². The van der Waals surface area contributed by atoms with Crippen molar-refractivity contribution in [3.63, 3.8) is 0 Å². The van der Waals surface area contributed by atoms with Gasteiger partial charge in [0, 0.05) is 19.9 Å². The first-order valence-electron chi connectivity index (χ1n) is 20.3.